The van der Waals surface area contributed by atoms with E-state index in [0.717, 1.165) is 29.8 Å². The average molecular weight is 379 g/mol. The first kappa shape index (κ1) is 17.4. The number of aromatic nitrogens is 5. The Morgan fingerprint density at radius 1 is 1.21 bits per heavy atom. The van der Waals surface area contributed by atoms with Crippen molar-refractivity contribution in [3.63, 3.8) is 0 Å². The number of carbonyl (C=O) groups excluding carboxylic acids is 1. The van der Waals surface area contributed by atoms with Crippen LogP contribution in [0.1, 0.15) is 41.9 Å². The number of aryl methyl sites for hydroxylation is 1. The van der Waals surface area contributed by atoms with Crippen LogP contribution in [0.25, 0.3) is 16.9 Å². The van der Waals surface area contributed by atoms with Crippen LogP contribution >= 0.6 is 0 Å². The highest BCUT2D eigenvalue weighted by Crippen LogP contribution is 2.34. The van der Waals surface area contributed by atoms with Crippen LogP contribution in [0.4, 0.5) is 0 Å². The van der Waals surface area contributed by atoms with Gasteiger partial charge in [-0.3, -0.25) is 9.48 Å². The molecule has 28 heavy (non-hydrogen) atoms. The molecule has 2 aliphatic heterocycles. The maximum Gasteiger partial charge on any atom is 0.272 e. The highest BCUT2D eigenvalue weighted by molar-refractivity contribution is 5.93. The Hall–Kier alpha value is -2.74. The summed E-state index contributed by atoms with van der Waals surface area (Å²) in [5.41, 5.74) is 3.97. The van der Waals surface area contributed by atoms with E-state index >= 15 is 0 Å². The number of piperidine rings is 1. The van der Waals surface area contributed by atoms with Gasteiger partial charge in [0, 0.05) is 48.7 Å². The van der Waals surface area contributed by atoms with Crippen molar-refractivity contribution in [2.24, 2.45) is 7.05 Å². The van der Waals surface area contributed by atoms with E-state index in [2.05, 4.69) is 32.4 Å². The van der Waals surface area contributed by atoms with Crippen molar-refractivity contribution < 1.29 is 4.79 Å². The van der Waals surface area contributed by atoms with E-state index < -0.39 is 0 Å². The number of fused-ring (bicyclic) bond motifs is 3. The molecule has 2 fully saturated rings. The number of nitrogens with zero attached hydrogens (tertiary/aromatic N) is 6. The smallest absolute Gasteiger partial charge is 0.272 e. The van der Waals surface area contributed by atoms with E-state index in [1.165, 1.54) is 12.8 Å². The van der Waals surface area contributed by atoms with Crippen LogP contribution < -0.4 is 5.32 Å². The van der Waals surface area contributed by atoms with Gasteiger partial charge in [-0.2, -0.15) is 10.2 Å². The molecule has 1 amide bonds. The number of hydrogen-bond donors (Lipinski definition) is 1. The second-order valence-electron chi connectivity index (χ2n) is 8.09. The Kier molecular flexibility index (Phi) is 3.97. The van der Waals surface area contributed by atoms with Gasteiger partial charge in [0.2, 0.25) is 0 Å². The predicted molar refractivity (Wildman–Crippen MR) is 105 cm³/mol. The number of carbonyl (C=O) groups is 1. The van der Waals surface area contributed by atoms with Crippen molar-refractivity contribution in [3.05, 3.63) is 35.9 Å². The van der Waals surface area contributed by atoms with Crippen LogP contribution in [0.5, 0.6) is 0 Å². The third-order valence-electron chi connectivity index (χ3n) is 6.54. The van der Waals surface area contributed by atoms with E-state index in [-0.39, 0.29) is 11.9 Å². The zero-order valence-electron chi connectivity index (χ0n) is 16.5. The van der Waals surface area contributed by atoms with Gasteiger partial charge in [-0.15, -0.1) is 0 Å². The van der Waals surface area contributed by atoms with Crippen LogP contribution in [0.3, 0.4) is 0 Å². The van der Waals surface area contributed by atoms with Crippen molar-refractivity contribution >= 4 is 11.6 Å². The third-order valence-corrected chi connectivity index (χ3v) is 6.54. The molecule has 5 heterocycles. The van der Waals surface area contributed by atoms with Gasteiger partial charge in [0.1, 0.15) is 0 Å². The molecule has 5 rings (SSSR count). The van der Waals surface area contributed by atoms with E-state index in [1.807, 2.05) is 30.9 Å². The van der Waals surface area contributed by atoms with Crippen LogP contribution in [-0.2, 0) is 7.05 Å². The molecule has 0 radical (unpaired) electrons. The van der Waals surface area contributed by atoms with Gasteiger partial charge >= 0.3 is 0 Å². The van der Waals surface area contributed by atoms with Gasteiger partial charge in [-0.05, 0) is 45.7 Å². The molecule has 3 aromatic rings. The molecule has 2 saturated heterocycles. The summed E-state index contributed by atoms with van der Waals surface area (Å²) < 4.78 is 3.56. The summed E-state index contributed by atoms with van der Waals surface area (Å²) >= 11 is 0. The lowest BCUT2D eigenvalue weighted by molar-refractivity contribution is 0.0877. The Morgan fingerprint density at radius 3 is 2.64 bits per heavy atom. The fraction of sp³-hybridized carbons (Fsp3) is 0.500. The first-order chi connectivity index (χ1) is 13.5. The van der Waals surface area contributed by atoms with Crippen LogP contribution in [0.15, 0.2) is 24.5 Å². The number of nitrogens with one attached hydrogen (secondary N) is 1. The summed E-state index contributed by atoms with van der Waals surface area (Å²) in [6.07, 6.45) is 8.07. The molecule has 2 unspecified atom stereocenters. The maximum absolute atomic E-state index is 12.9. The molecule has 2 bridgehead atoms. The minimum atomic E-state index is -0.117. The summed E-state index contributed by atoms with van der Waals surface area (Å²) in [6.45, 7) is 2.01. The fourth-order valence-corrected chi connectivity index (χ4v) is 4.75. The summed E-state index contributed by atoms with van der Waals surface area (Å²) in [5.74, 6) is -0.117. The first-order valence-corrected chi connectivity index (χ1v) is 9.88. The number of hydrogen-bond acceptors (Lipinski definition) is 5. The summed E-state index contributed by atoms with van der Waals surface area (Å²) in [7, 11) is 4.12. The third kappa shape index (κ3) is 2.71. The first-order valence-electron chi connectivity index (χ1n) is 9.88. The molecule has 2 atom stereocenters. The quantitative estimate of drug-likeness (QED) is 0.751. The van der Waals surface area contributed by atoms with Gasteiger partial charge in [-0.25, -0.2) is 9.50 Å². The lowest BCUT2D eigenvalue weighted by atomic mass is 9.98. The molecule has 0 aliphatic carbocycles. The minimum absolute atomic E-state index is 0.117. The molecular formula is C20H25N7O. The number of amides is 1. The van der Waals surface area contributed by atoms with Crippen molar-refractivity contribution in [1.82, 2.24) is 34.6 Å². The molecule has 0 spiro atoms. The lowest BCUT2D eigenvalue weighted by Crippen LogP contribution is -2.48. The minimum Gasteiger partial charge on any atom is -0.348 e. The van der Waals surface area contributed by atoms with E-state index in [4.69, 9.17) is 0 Å². The Morgan fingerprint density at radius 2 is 1.96 bits per heavy atom. The van der Waals surface area contributed by atoms with E-state index in [0.29, 0.717) is 23.4 Å². The van der Waals surface area contributed by atoms with Gasteiger partial charge in [0.25, 0.3) is 5.91 Å². The molecule has 1 N–H and O–H groups in total. The SMILES string of the molecule is Cc1c(-c2ccnc3cc(C(=O)NC4CC5CCC(C4)N5C)nn23)cnn1C. The lowest BCUT2D eigenvalue weighted by Gasteiger charge is -2.36. The van der Waals surface area contributed by atoms with Gasteiger partial charge < -0.3 is 10.2 Å². The van der Waals surface area contributed by atoms with Crippen LogP contribution in [-0.4, -0.2) is 60.4 Å². The normalized spacial score (nSPS) is 24.8. The molecular weight excluding hydrogens is 354 g/mol. The monoisotopic (exact) mass is 379 g/mol. The Labute approximate surface area is 163 Å². The second-order valence-corrected chi connectivity index (χ2v) is 8.09. The van der Waals surface area contributed by atoms with Crippen molar-refractivity contribution in [2.75, 3.05) is 7.05 Å². The predicted octanol–water partition coefficient (Wildman–Crippen LogP) is 1.79. The standard InChI is InChI=1S/C20H25N7O/c1-12-16(11-22-26(12)3)18-6-7-21-19-10-17(24-27(18)19)20(28)23-13-8-14-4-5-15(9-13)25(14)2/h6-7,10-11,13-15H,4-5,8-9H2,1-3H3,(H,23,28). The summed E-state index contributed by atoms with van der Waals surface area (Å²) in [5, 5.41) is 12.1. The van der Waals surface area contributed by atoms with Crippen LogP contribution in [0, 0.1) is 6.92 Å². The van der Waals surface area contributed by atoms with Crippen molar-refractivity contribution in [2.45, 2.75) is 50.7 Å². The van der Waals surface area contributed by atoms with E-state index in [1.54, 1.807) is 16.8 Å². The van der Waals surface area contributed by atoms with Gasteiger partial charge in [0.15, 0.2) is 11.3 Å². The fourth-order valence-electron chi connectivity index (χ4n) is 4.75. The zero-order chi connectivity index (χ0) is 19.4. The molecule has 0 aromatic carbocycles. The zero-order valence-corrected chi connectivity index (χ0v) is 16.5. The highest BCUT2D eigenvalue weighted by Gasteiger charge is 2.39. The molecule has 0 saturated carbocycles. The largest absolute Gasteiger partial charge is 0.348 e. The molecule has 146 valence electrons. The molecule has 2 aliphatic rings. The van der Waals surface area contributed by atoms with Gasteiger partial charge in [-0.1, -0.05) is 0 Å². The van der Waals surface area contributed by atoms with Gasteiger partial charge in [0.05, 0.1) is 11.9 Å². The topological polar surface area (TPSA) is 80.3 Å². The average Bonchev–Trinajstić information content (AvgIpc) is 3.30. The summed E-state index contributed by atoms with van der Waals surface area (Å²) in [6, 6.07) is 5.06. The van der Waals surface area contributed by atoms with Crippen molar-refractivity contribution in [3.8, 4) is 11.3 Å². The van der Waals surface area contributed by atoms with Crippen molar-refractivity contribution in [1.29, 1.82) is 0 Å². The molecule has 8 heteroatoms. The highest BCUT2D eigenvalue weighted by atomic mass is 16.2. The molecule has 8 nitrogen and oxygen atoms in total. The Bertz CT molecular complexity index is 1040. The molecule has 3 aromatic heterocycles. The maximum atomic E-state index is 12.9. The summed E-state index contributed by atoms with van der Waals surface area (Å²) in [4.78, 5) is 19.7. The van der Waals surface area contributed by atoms with Crippen LogP contribution in [0.2, 0.25) is 0 Å². The number of rotatable bonds is 3. The van der Waals surface area contributed by atoms with E-state index in [9.17, 15) is 4.79 Å². The second kappa shape index (κ2) is 6.41. The Balaban J connectivity index is 1.42.